The Morgan fingerprint density at radius 2 is 2.03 bits per heavy atom. The number of amides is 1. The molecule has 0 fully saturated rings. The van der Waals surface area contributed by atoms with E-state index in [0.29, 0.717) is 27.9 Å². The molecule has 0 bridgehead atoms. The number of aliphatic hydroxyl groups excluding tert-OH is 1. The number of rotatable bonds is 3. The van der Waals surface area contributed by atoms with Gasteiger partial charge < -0.3 is 24.5 Å². The summed E-state index contributed by atoms with van der Waals surface area (Å²) in [5.41, 5.74) is 1.57. The number of allylic oxidation sites excluding steroid dienone is 1. The lowest BCUT2D eigenvalue weighted by molar-refractivity contribution is 0.0366. The summed E-state index contributed by atoms with van der Waals surface area (Å²) in [7, 11) is 1.59. The van der Waals surface area contributed by atoms with Crippen LogP contribution in [0.3, 0.4) is 0 Å². The maximum absolute atomic E-state index is 13.1. The molecule has 0 saturated heterocycles. The fourth-order valence-electron chi connectivity index (χ4n) is 3.17. The molecule has 0 aliphatic carbocycles. The van der Waals surface area contributed by atoms with E-state index in [0.717, 1.165) is 10.9 Å². The average Bonchev–Trinajstić information content (AvgIpc) is 3.37. The first-order valence-corrected chi connectivity index (χ1v) is 10.5. The number of nitrogens with zero attached hydrogens (tertiary/aromatic N) is 3. The monoisotopic (exact) mass is 436 g/mol. The third-order valence-corrected chi connectivity index (χ3v) is 5.52. The van der Waals surface area contributed by atoms with Gasteiger partial charge in [-0.25, -0.2) is 9.69 Å². The molecule has 2 aromatic heterocycles. The molecule has 4 rings (SSSR count). The number of hydrogen-bond acceptors (Lipinski definition) is 6. The van der Waals surface area contributed by atoms with E-state index in [2.05, 4.69) is 9.97 Å². The minimum atomic E-state index is -0.698. The molecular weight excluding hydrogens is 414 g/mol. The minimum Gasteiger partial charge on any atom is -0.531 e. The highest BCUT2D eigenvalue weighted by Gasteiger charge is 2.40. The average molecular weight is 437 g/mol. The number of aliphatic hydroxyl groups is 1. The molecule has 0 saturated carbocycles. The molecule has 1 N–H and O–H groups in total. The van der Waals surface area contributed by atoms with Gasteiger partial charge in [0.2, 0.25) is 10.7 Å². The fourth-order valence-corrected chi connectivity index (χ4v) is 4.14. The van der Waals surface area contributed by atoms with E-state index in [9.17, 15) is 9.90 Å². The van der Waals surface area contributed by atoms with Crippen LogP contribution < -0.4 is 4.74 Å². The molecule has 1 aliphatic rings. The van der Waals surface area contributed by atoms with Crippen molar-refractivity contribution in [2.45, 2.75) is 26.4 Å². The Hall–Kier alpha value is -3.52. The molecule has 3 aromatic rings. The lowest BCUT2D eigenvalue weighted by Crippen LogP contribution is -2.37. The van der Waals surface area contributed by atoms with Gasteiger partial charge in [0.05, 0.1) is 12.9 Å². The summed E-state index contributed by atoms with van der Waals surface area (Å²) in [6, 6.07) is 9.07. The largest absolute Gasteiger partial charge is 0.531 e. The molecule has 0 spiro atoms. The van der Waals surface area contributed by atoms with Gasteiger partial charge in [-0.15, -0.1) is 12.1 Å². The summed E-state index contributed by atoms with van der Waals surface area (Å²) < 4.78 is 10.9. The van der Waals surface area contributed by atoms with Gasteiger partial charge in [0.15, 0.2) is 11.4 Å². The van der Waals surface area contributed by atoms with Crippen molar-refractivity contribution in [3.63, 3.8) is 0 Å². The van der Waals surface area contributed by atoms with Crippen LogP contribution in [0.2, 0.25) is 0 Å². The quantitative estimate of drug-likeness (QED) is 0.217. The van der Waals surface area contributed by atoms with Crippen LogP contribution in [0.4, 0.5) is 4.79 Å². The predicted molar refractivity (Wildman–Crippen MR) is 122 cm³/mol. The van der Waals surface area contributed by atoms with Crippen LogP contribution >= 0.6 is 0 Å². The summed E-state index contributed by atoms with van der Waals surface area (Å²) in [5.74, 6) is 0.611. The Labute approximate surface area is 184 Å². The van der Waals surface area contributed by atoms with Crippen LogP contribution in [-0.2, 0) is 16.1 Å². The van der Waals surface area contributed by atoms with E-state index in [4.69, 9.17) is 9.47 Å². The van der Waals surface area contributed by atoms with Crippen molar-refractivity contribution in [2.24, 2.45) is 0 Å². The minimum absolute atomic E-state index is 0.0649. The molecule has 7 nitrogen and oxygen atoms in total. The van der Waals surface area contributed by atoms with Gasteiger partial charge in [0.25, 0.3) is 0 Å². The third kappa shape index (κ3) is 4.06. The number of methoxy groups -OCH3 is 1. The number of carbonyl (C=O) groups is 1. The Balaban J connectivity index is 1.80. The van der Waals surface area contributed by atoms with Crippen molar-refractivity contribution in [2.75, 3.05) is 7.11 Å². The van der Waals surface area contributed by atoms with Gasteiger partial charge in [-0.05, 0) is 32.5 Å². The van der Waals surface area contributed by atoms with Crippen molar-refractivity contribution in [3.05, 3.63) is 71.1 Å². The summed E-state index contributed by atoms with van der Waals surface area (Å²) >= 11 is 1.32. The van der Waals surface area contributed by atoms with Crippen LogP contribution in [0.25, 0.3) is 16.7 Å². The number of hydrogen-bond donors (Lipinski definition) is 1. The van der Waals surface area contributed by atoms with Crippen molar-refractivity contribution in [3.8, 4) is 5.75 Å². The number of ether oxygens (including phenoxy) is 2. The highest BCUT2D eigenvalue weighted by Crippen LogP contribution is 2.35. The van der Waals surface area contributed by atoms with Gasteiger partial charge in [-0.1, -0.05) is 41.0 Å². The molecule has 160 valence electrons. The summed E-state index contributed by atoms with van der Waals surface area (Å²) in [6.07, 6.45) is 4.33. The summed E-state index contributed by atoms with van der Waals surface area (Å²) in [6.45, 7) is 5.40. The zero-order valence-corrected chi connectivity index (χ0v) is 18.4. The van der Waals surface area contributed by atoms with E-state index < -0.39 is 11.7 Å². The molecule has 1 amide bonds. The van der Waals surface area contributed by atoms with Gasteiger partial charge >= 0.3 is 6.09 Å². The molecule has 8 heteroatoms. The van der Waals surface area contributed by atoms with Gasteiger partial charge in [-0.2, -0.15) is 6.07 Å². The zero-order valence-electron chi connectivity index (χ0n) is 17.6. The van der Waals surface area contributed by atoms with Crippen molar-refractivity contribution >= 4 is 39.5 Å². The molecule has 0 atom stereocenters. The Kier molecular flexibility index (Phi) is 5.32. The van der Waals surface area contributed by atoms with E-state index in [1.165, 1.54) is 16.3 Å². The van der Waals surface area contributed by atoms with Gasteiger partial charge in [0.1, 0.15) is 17.1 Å². The Morgan fingerprint density at radius 3 is 2.71 bits per heavy atom. The van der Waals surface area contributed by atoms with Crippen molar-refractivity contribution in [1.29, 1.82) is 0 Å². The second kappa shape index (κ2) is 7.96. The van der Waals surface area contributed by atoms with Crippen LogP contribution in [0.15, 0.2) is 54.6 Å². The number of pyridine rings is 1. The van der Waals surface area contributed by atoms with E-state index >= 15 is 0 Å². The number of benzene rings is 1. The van der Waals surface area contributed by atoms with Crippen LogP contribution in [0.5, 0.6) is 5.75 Å². The van der Waals surface area contributed by atoms with E-state index in [1.807, 2.05) is 12.1 Å². The van der Waals surface area contributed by atoms with Gasteiger partial charge in [-0.3, -0.25) is 0 Å². The molecular formula is C23H22N3O4S-. The van der Waals surface area contributed by atoms with Crippen LogP contribution in [-0.4, -0.2) is 44.1 Å². The maximum Gasteiger partial charge on any atom is 0.412 e. The van der Waals surface area contributed by atoms with Gasteiger partial charge in [0, 0.05) is 0 Å². The highest BCUT2D eigenvalue weighted by atomic mass is 32.1. The second-order valence-corrected chi connectivity index (χ2v) is 8.75. The number of fused-ring (bicyclic) bond motifs is 1. The molecule has 1 aromatic carbocycles. The lowest BCUT2D eigenvalue weighted by atomic mass is 10.1. The zero-order chi connectivity index (χ0) is 22.2. The standard InChI is InChI=1S/C23H22N3O4S/c1-23(2,3)30-22(28)26-19(13-31-21(26)14-6-5-9-24-11-14)20(27)17-12-25-18-10-15(29-4)7-8-16(17)18/h5-13,27H,1-4H3/q-1. The second-order valence-electron chi connectivity index (χ2n) is 7.89. The molecule has 1 aliphatic heterocycles. The summed E-state index contributed by atoms with van der Waals surface area (Å²) in [5, 5.41) is 14.3. The van der Waals surface area contributed by atoms with Crippen molar-refractivity contribution in [1.82, 2.24) is 14.9 Å². The molecule has 0 radical (unpaired) electrons. The third-order valence-electron chi connectivity index (χ3n) is 4.54. The maximum atomic E-state index is 13.1. The number of carbonyl (C=O) groups excluding carboxylic acids is 1. The molecule has 0 unspecified atom stereocenters. The molecule has 3 heterocycles. The van der Waals surface area contributed by atoms with E-state index in [-0.39, 0.29) is 5.76 Å². The first-order chi connectivity index (χ1) is 14.8. The van der Waals surface area contributed by atoms with Crippen LogP contribution in [0, 0.1) is 5.37 Å². The van der Waals surface area contributed by atoms with Crippen LogP contribution in [0.1, 0.15) is 31.9 Å². The molecule has 31 heavy (non-hydrogen) atoms. The first kappa shape index (κ1) is 20.7. The topological polar surface area (TPSA) is 84.8 Å². The normalized spacial score (nSPS) is 15.5. The Bertz CT molecular complexity index is 1180. The first-order valence-electron chi connectivity index (χ1n) is 9.62. The highest BCUT2D eigenvalue weighted by molar-refractivity contribution is 7.81. The number of aromatic nitrogens is 2. The SMILES string of the molecule is COc1ccc2c(C(O)=C3C=[S+][C-](c4cccnc4)N3C(=O)OC(C)(C)C)cn[c-]2c1. The van der Waals surface area contributed by atoms with E-state index in [1.54, 1.807) is 70.0 Å². The smallest absolute Gasteiger partial charge is 0.412 e. The fraction of sp³-hybridized carbons (Fsp3) is 0.217. The lowest BCUT2D eigenvalue weighted by Gasteiger charge is -2.28. The Morgan fingerprint density at radius 1 is 1.23 bits per heavy atom. The van der Waals surface area contributed by atoms with Crippen molar-refractivity contribution < 1.29 is 19.4 Å². The summed E-state index contributed by atoms with van der Waals surface area (Å²) in [4.78, 5) is 23.0. The predicted octanol–water partition coefficient (Wildman–Crippen LogP) is 4.26.